The van der Waals surface area contributed by atoms with Gasteiger partial charge in [-0.25, -0.2) is 4.90 Å². The number of fused-ring (bicyclic) bond motifs is 1. The number of hydrogen-bond donors (Lipinski definition) is 1. The molecule has 2 saturated heterocycles. The number of hydrogen-bond acceptors (Lipinski definition) is 4. The Labute approximate surface area is 150 Å². The molecule has 0 aliphatic carbocycles. The third-order valence-corrected chi connectivity index (χ3v) is 5.40. The second-order valence-electron chi connectivity index (χ2n) is 6.16. The third-order valence-electron chi connectivity index (χ3n) is 4.71. The van der Waals surface area contributed by atoms with Gasteiger partial charge in [-0.1, -0.05) is 59.6 Å². The Morgan fingerprint density at radius 3 is 1.79 bits per heavy atom. The summed E-state index contributed by atoms with van der Waals surface area (Å²) < 4.78 is 12.1. The van der Waals surface area contributed by atoms with E-state index in [0.29, 0.717) is 23.3 Å². The van der Waals surface area contributed by atoms with Crippen LogP contribution in [0.5, 0.6) is 0 Å². The van der Waals surface area contributed by atoms with Crippen LogP contribution in [-0.2, 0) is 9.47 Å². The maximum Gasteiger partial charge on any atom is 0.141 e. The largest absolute Gasteiger partial charge is 0.394 e. The van der Waals surface area contributed by atoms with Crippen molar-refractivity contribution in [3.05, 3.63) is 69.7 Å². The zero-order chi connectivity index (χ0) is 16.7. The van der Waals surface area contributed by atoms with Crippen LogP contribution in [0.4, 0.5) is 0 Å². The number of benzene rings is 2. The lowest BCUT2D eigenvalue weighted by Crippen LogP contribution is -2.47. The number of nitrogens with zero attached hydrogens (tertiary/aromatic N) is 1. The van der Waals surface area contributed by atoms with Crippen LogP contribution in [-0.4, -0.2) is 35.4 Å². The van der Waals surface area contributed by atoms with Crippen LogP contribution >= 0.6 is 23.2 Å². The van der Waals surface area contributed by atoms with Crippen molar-refractivity contribution in [2.45, 2.75) is 18.0 Å². The van der Waals surface area contributed by atoms with E-state index >= 15 is 0 Å². The summed E-state index contributed by atoms with van der Waals surface area (Å²) in [5.74, 6) is 0. The Bertz CT molecular complexity index is 697. The fourth-order valence-electron chi connectivity index (χ4n) is 3.44. The number of rotatable bonds is 3. The minimum absolute atomic E-state index is 0.0606. The molecule has 3 atom stereocenters. The van der Waals surface area contributed by atoms with Crippen molar-refractivity contribution >= 4 is 23.2 Å². The van der Waals surface area contributed by atoms with Crippen LogP contribution in [0.3, 0.4) is 0 Å². The van der Waals surface area contributed by atoms with E-state index in [0.717, 1.165) is 11.1 Å². The van der Waals surface area contributed by atoms with Gasteiger partial charge in [-0.15, -0.1) is 0 Å². The van der Waals surface area contributed by atoms with Crippen molar-refractivity contribution < 1.29 is 14.6 Å². The van der Waals surface area contributed by atoms with Crippen LogP contribution in [0.2, 0.25) is 10.0 Å². The second-order valence-corrected chi connectivity index (χ2v) is 6.97. The summed E-state index contributed by atoms with van der Waals surface area (Å²) in [6, 6.07) is 15.1. The average Bonchev–Trinajstić information content (AvgIpc) is 3.14. The molecule has 0 radical (unpaired) electrons. The van der Waals surface area contributed by atoms with Gasteiger partial charge in [-0.2, -0.15) is 0 Å². The highest BCUT2D eigenvalue weighted by Gasteiger charge is 2.57. The maximum atomic E-state index is 10.0. The molecule has 24 heavy (non-hydrogen) atoms. The van der Waals surface area contributed by atoms with E-state index < -0.39 is 18.0 Å². The molecule has 4 rings (SSSR count). The molecule has 2 aromatic rings. The van der Waals surface area contributed by atoms with Gasteiger partial charge in [0.25, 0.3) is 0 Å². The van der Waals surface area contributed by atoms with Gasteiger partial charge >= 0.3 is 0 Å². The molecule has 0 saturated carbocycles. The van der Waals surface area contributed by atoms with E-state index in [1.807, 2.05) is 48.5 Å². The van der Waals surface area contributed by atoms with Gasteiger partial charge in [0.05, 0.1) is 25.4 Å². The number of aliphatic hydroxyl groups is 1. The lowest BCUT2D eigenvalue weighted by Gasteiger charge is -2.33. The van der Waals surface area contributed by atoms with Gasteiger partial charge in [-0.3, -0.25) is 0 Å². The Balaban J connectivity index is 1.79. The molecule has 0 bridgehead atoms. The molecule has 4 nitrogen and oxygen atoms in total. The van der Waals surface area contributed by atoms with Crippen LogP contribution in [0, 0.1) is 0 Å². The van der Waals surface area contributed by atoms with E-state index in [2.05, 4.69) is 4.90 Å². The lowest BCUT2D eigenvalue weighted by molar-refractivity contribution is -0.0629. The summed E-state index contributed by atoms with van der Waals surface area (Å²) in [6.45, 7) is 0.690. The number of aliphatic hydroxyl groups excluding tert-OH is 1. The standard InChI is InChI=1S/C18H17Cl2NO3/c19-14-7-3-1-5-12(14)16-21-17(13-6-2-4-8-15(13)20)24-11-18(21,9-22)10-23-16/h1-8,16-17,22H,9-11H2/t16-,17+,18?. The molecule has 2 fully saturated rings. The topological polar surface area (TPSA) is 41.9 Å². The first-order chi connectivity index (χ1) is 11.7. The monoisotopic (exact) mass is 365 g/mol. The average molecular weight is 366 g/mol. The predicted octanol–water partition coefficient (Wildman–Crippen LogP) is 3.78. The quantitative estimate of drug-likeness (QED) is 0.898. The van der Waals surface area contributed by atoms with E-state index in [1.54, 1.807) is 0 Å². The van der Waals surface area contributed by atoms with E-state index in [-0.39, 0.29) is 6.61 Å². The van der Waals surface area contributed by atoms with Crippen LogP contribution < -0.4 is 0 Å². The Hall–Kier alpha value is -1.14. The highest BCUT2D eigenvalue weighted by atomic mass is 35.5. The fraction of sp³-hybridized carbons (Fsp3) is 0.333. The van der Waals surface area contributed by atoms with Crippen LogP contribution in [0.15, 0.2) is 48.5 Å². The fourth-order valence-corrected chi connectivity index (χ4v) is 3.90. The Morgan fingerprint density at radius 1 is 0.917 bits per heavy atom. The lowest BCUT2D eigenvalue weighted by atomic mass is 10.0. The molecule has 1 unspecified atom stereocenters. The van der Waals surface area contributed by atoms with E-state index in [1.165, 1.54) is 0 Å². The minimum atomic E-state index is -0.590. The van der Waals surface area contributed by atoms with Crippen molar-refractivity contribution in [3.63, 3.8) is 0 Å². The smallest absolute Gasteiger partial charge is 0.141 e. The van der Waals surface area contributed by atoms with Crippen LogP contribution in [0.25, 0.3) is 0 Å². The first-order valence-electron chi connectivity index (χ1n) is 7.78. The normalized spacial score (nSPS) is 29.8. The van der Waals surface area contributed by atoms with Crippen LogP contribution in [0.1, 0.15) is 23.6 Å². The van der Waals surface area contributed by atoms with Crippen molar-refractivity contribution in [2.24, 2.45) is 0 Å². The van der Waals surface area contributed by atoms with Crippen molar-refractivity contribution in [3.8, 4) is 0 Å². The highest BCUT2D eigenvalue weighted by Crippen LogP contribution is 2.50. The molecule has 2 aliphatic rings. The molecule has 1 N–H and O–H groups in total. The van der Waals surface area contributed by atoms with Gasteiger partial charge in [0.2, 0.25) is 0 Å². The summed E-state index contributed by atoms with van der Waals surface area (Å²) in [5.41, 5.74) is 1.13. The molecule has 2 aliphatic heterocycles. The predicted molar refractivity (Wildman–Crippen MR) is 91.9 cm³/mol. The first-order valence-corrected chi connectivity index (χ1v) is 8.53. The third kappa shape index (κ3) is 2.46. The molecule has 2 aromatic carbocycles. The van der Waals surface area contributed by atoms with E-state index in [4.69, 9.17) is 32.7 Å². The molecule has 6 heteroatoms. The molecule has 0 aromatic heterocycles. The zero-order valence-corrected chi connectivity index (χ0v) is 14.4. The molecule has 0 spiro atoms. The molecule has 126 valence electrons. The van der Waals surface area contributed by atoms with Gasteiger partial charge < -0.3 is 14.6 Å². The first kappa shape index (κ1) is 16.3. The highest BCUT2D eigenvalue weighted by molar-refractivity contribution is 6.31. The second kappa shape index (κ2) is 6.30. The molecular formula is C18H17Cl2NO3. The zero-order valence-electron chi connectivity index (χ0n) is 12.9. The van der Waals surface area contributed by atoms with Crippen molar-refractivity contribution in [1.82, 2.24) is 4.90 Å². The van der Waals surface area contributed by atoms with E-state index in [9.17, 15) is 5.11 Å². The Morgan fingerprint density at radius 2 is 1.38 bits per heavy atom. The number of halogens is 2. The molecule has 2 heterocycles. The molecule has 0 amide bonds. The summed E-state index contributed by atoms with van der Waals surface area (Å²) >= 11 is 12.7. The van der Waals surface area contributed by atoms with Gasteiger partial charge in [0, 0.05) is 21.2 Å². The summed E-state index contributed by atoms with van der Waals surface area (Å²) in [6.07, 6.45) is -0.788. The van der Waals surface area contributed by atoms with Gasteiger partial charge in [-0.05, 0) is 12.1 Å². The Kier molecular flexibility index (Phi) is 4.29. The minimum Gasteiger partial charge on any atom is -0.394 e. The SMILES string of the molecule is OCC12CO[C@H](c3ccccc3Cl)N1[C@H](c1ccccc1Cl)OC2. The van der Waals surface area contributed by atoms with Gasteiger partial charge in [0.15, 0.2) is 0 Å². The summed E-state index contributed by atoms with van der Waals surface area (Å²) in [4.78, 5) is 2.05. The van der Waals surface area contributed by atoms with Gasteiger partial charge in [0.1, 0.15) is 12.5 Å². The maximum absolute atomic E-state index is 10.0. The van der Waals surface area contributed by atoms with Crippen molar-refractivity contribution in [2.75, 3.05) is 19.8 Å². The van der Waals surface area contributed by atoms with Crippen molar-refractivity contribution in [1.29, 1.82) is 0 Å². The summed E-state index contributed by atoms with van der Waals surface area (Å²) in [7, 11) is 0. The molecular weight excluding hydrogens is 349 g/mol. The number of ether oxygens (including phenoxy) is 2. The summed E-state index contributed by atoms with van der Waals surface area (Å²) in [5, 5.41) is 11.3.